The number of aromatic nitrogens is 2. The fourth-order valence-electron chi connectivity index (χ4n) is 2.11. The van der Waals surface area contributed by atoms with Crippen molar-refractivity contribution in [3.63, 3.8) is 0 Å². The van der Waals surface area contributed by atoms with Crippen LogP contribution in [0.25, 0.3) is 0 Å². The predicted molar refractivity (Wildman–Crippen MR) is 120 cm³/mol. The van der Waals surface area contributed by atoms with E-state index in [2.05, 4.69) is 9.97 Å². The van der Waals surface area contributed by atoms with Gasteiger partial charge < -0.3 is 0 Å². The van der Waals surface area contributed by atoms with E-state index in [0.29, 0.717) is 11.4 Å². The second-order valence-corrected chi connectivity index (χ2v) is 9.09. The van der Waals surface area contributed by atoms with Crippen LogP contribution in [0, 0.1) is 0 Å². The van der Waals surface area contributed by atoms with Crippen molar-refractivity contribution in [2.75, 3.05) is 26.4 Å². The first-order valence-electron chi connectivity index (χ1n) is 10.3. The third-order valence-corrected chi connectivity index (χ3v) is 6.53. The Bertz CT molecular complexity index is 744. The van der Waals surface area contributed by atoms with Gasteiger partial charge in [-0.2, -0.15) is 0 Å². The molecular formula is C20H32AgN2O8P2. The molecule has 2 aromatic heterocycles. The first-order chi connectivity index (χ1) is 15.4. The standard InChI is InChI=1S/2C10H16NO4P.Ag/c2*1-3-13-16(12,14-4-2)15-9-10-7-5-6-8-11-10;/h2*5-8H,3-4,9H2,1-2H3;. The fourth-order valence-corrected chi connectivity index (χ4v) is 4.41. The number of rotatable bonds is 14. The van der Waals surface area contributed by atoms with Gasteiger partial charge in [0, 0.05) is 34.8 Å². The average molecular weight is 598 g/mol. The molecule has 0 spiro atoms. The van der Waals surface area contributed by atoms with Crippen LogP contribution in [-0.2, 0) is 71.9 Å². The van der Waals surface area contributed by atoms with Crippen LogP contribution in [0.1, 0.15) is 39.1 Å². The Morgan fingerprint density at radius 3 is 1.18 bits per heavy atom. The van der Waals surface area contributed by atoms with Crippen LogP contribution in [0.2, 0.25) is 0 Å². The summed E-state index contributed by atoms with van der Waals surface area (Å²) < 4.78 is 54.0. The molecule has 2 heterocycles. The molecule has 0 saturated heterocycles. The Balaban J connectivity index is 0.000000602. The van der Waals surface area contributed by atoms with Crippen LogP contribution >= 0.6 is 15.6 Å². The topological polar surface area (TPSA) is 115 Å². The van der Waals surface area contributed by atoms with Gasteiger partial charge in [-0.25, -0.2) is 9.13 Å². The minimum Gasteiger partial charge on any atom is -0.287 e. The Labute approximate surface area is 211 Å². The normalized spacial score (nSPS) is 11.3. The number of hydrogen-bond acceptors (Lipinski definition) is 10. The van der Waals surface area contributed by atoms with Crippen molar-refractivity contribution in [1.82, 2.24) is 9.97 Å². The van der Waals surface area contributed by atoms with E-state index < -0.39 is 15.6 Å². The Morgan fingerprint density at radius 2 is 0.939 bits per heavy atom. The van der Waals surface area contributed by atoms with Gasteiger partial charge in [-0.05, 0) is 52.0 Å². The van der Waals surface area contributed by atoms with E-state index in [-0.39, 0.29) is 62.0 Å². The molecule has 0 atom stereocenters. The summed E-state index contributed by atoms with van der Waals surface area (Å²) in [4.78, 5) is 8.09. The summed E-state index contributed by atoms with van der Waals surface area (Å²) in [6, 6.07) is 10.8. The fraction of sp³-hybridized carbons (Fsp3) is 0.500. The number of nitrogens with zero attached hydrogens (tertiary/aromatic N) is 2. The molecular weight excluding hydrogens is 566 g/mol. The van der Waals surface area contributed by atoms with Crippen LogP contribution in [-0.4, -0.2) is 36.4 Å². The molecule has 0 amide bonds. The molecule has 10 nitrogen and oxygen atoms in total. The summed E-state index contributed by atoms with van der Waals surface area (Å²) in [5.41, 5.74) is 1.37. The van der Waals surface area contributed by atoms with Crippen LogP contribution < -0.4 is 0 Å². The molecule has 0 unspecified atom stereocenters. The van der Waals surface area contributed by atoms with Crippen LogP contribution in [0.5, 0.6) is 0 Å². The zero-order valence-corrected chi connectivity index (χ0v) is 22.5. The molecule has 0 aliphatic rings. The number of phosphoric ester groups is 2. The number of hydrogen-bond donors (Lipinski definition) is 0. The molecule has 2 aromatic rings. The second-order valence-electron chi connectivity index (χ2n) is 5.75. The maximum absolute atomic E-state index is 11.9. The van der Waals surface area contributed by atoms with Gasteiger partial charge in [0.2, 0.25) is 0 Å². The van der Waals surface area contributed by atoms with Crippen molar-refractivity contribution in [2.24, 2.45) is 0 Å². The molecule has 0 bridgehead atoms. The van der Waals surface area contributed by atoms with E-state index in [0.717, 1.165) is 0 Å². The van der Waals surface area contributed by atoms with Gasteiger partial charge in [0.1, 0.15) is 13.2 Å². The molecule has 1 radical (unpaired) electrons. The van der Waals surface area contributed by atoms with E-state index in [1.54, 1.807) is 64.4 Å². The summed E-state index contributed by atoms with van der Waals surface area (Å²) in [5.74, 6) is 0. The zero-order valence-electron chi connectivity index (χ0n) is 19.2. The van der Waals surface area contributed by atoms with Gasteiger partial charge in [-0.3, -0.25) is 37.1 Å². The number of phosphoric acid groups is 2. The zero-order chi connectivity index (χ0) is 23.7. The van der Waals surface area contributed by atoms with E-state index >= 15 is 0 Å². The summed E-state index contributed by atoms with van der Waals surface area (Å²) in [6.45, 7) is 8.26. The molecule has 0 N–H and O–H groups in total. The van der Waals surface area contributed by atoms with E-state index in [4.69, 9.17) is 27.1 Å². The molecule has 0 aliphatic heterocycles. The Kier molecular flexibility index (Phi) is 18.2. The Hall–Kier alpha value is -0.740. The maximum Gasteiger partial charge on any atom is 0.475 e. The molecule has 0 saturated carbocycles. The first kappa shape index (κ1) is 32.3. The van der Waals surface area contributed by atoms with Gasteiger partial charge in [-0.15, -0.1) is 0 Å². The molecule has 191 valence electrons. The molecule has 33 heavy (non-hydrogen) atoms. The third kappa shape index (κ3) is 14.3. The van der Waals surface area contributed by atoms with Crippen LogP contribution in [0.3, 0.4) is 0 Å². The van der Waals surface area contributed by atoms with E-state index in [1.807, 2.05) is 12.1 Å². The minimum absolute atomic E-state index is 0. The summed E-state index contributed by atoms with van der Waals surface area (Å²) >= 11 is 0. The second kappa shape index (κ2) is 18.6. The summed E-state index contributed by atoms with van der Waals surface area (Å²) in [6.07, 6.45) is 3.29. The van der Waals surface area contributed by atoms with Crippen molar-refractivity contribution in [3.8, 4) is 0 Å². The van der Waals surface area contributed by atoms with Crippen molar-refractivity contribution >= 4 is 15.6 Å². The van der Waals surface area contributed by atoms with Gasteiger partial charge in [-0.1, -0.05) is 12.1 Å². The van der Waals surface area contributed by atoms with Crippen LogP contribution in [0.4, 0.5) is 0 Å². The number of pyridine rings is 2. The van der Waals surface area contributed by atoms with E-state index in [1.165, 1.54) is 0 Å². The molecule has 0 aromatic carbocycles. The van der Waals surface area contributed by atoms with Gasteiger partial charge in [0.25, 0.3) is 0 Å². The molecule has 0 aliphatic carbocycles. The summed E-state index contributed by atoms with van der Waals surface area (Å²) in [5, 5.41) is 0. The molecule has 0 fully saturated rings. The van der Waals surface area contributed by atoms with Crippen molar-refractivity contribution < 1.29 is 58.7 Å². The summed E-state index contributed by atoms with van der Waals surface area (Å²) in [7, 11) is -6.85. The molecule has 2 rings (SSSR count). The quantitative estimate of drug-likeness (QED) is 0.202. The van der Waals surface area contributed by atoms with Crippen LogP contribution in [0.15, 0.2) is 48.8 Å². The van der Waals surface area contributed by atoms with Gasteiger partial charge in [0.15, 0.2) is 0 Å². The predicted octanol–water partition coefficient (Wildman–Crippen LogP) is 5.56. The largest absolute Gasteiger partial charge is 0.475 e. The Morgan fingerprint density at radius 1 is 0.606 bits per heavy atom. The van der Waals surface area contributed by atoms with Crippen molar-refractivity contribution in [2.45, 2.75) is 40.9 Å². The van der Waals surface area contributed by atoms with Gasteiger partial charge in [0.05, 0.1) is 37.8 Å². The first-order valence-corrected chi connectivity index (χ1v) is 13.2. The van der Waals surface area contributed by atoms with Gasteiger partial charge >= 0.3 is 15.6 Å². The van der Waals surface area contributed by atoms with Crippen molar-refractivity contribution in [1.29, 1.82) is 0 Å². The minimum atomic E-state index is -3.42. The van der Waals surface area contributed by atoms with Crippen molar-refractivity contribution in [3.05, 3.63) is 60.2 Å². The van der Waals surface area contributed by atoms with E-state index in [9.17, 15) is 9.13 Å². The maximum atomic E-state index is 11.9. The monoisotopic (exact) mass is 597 g/mol. The molecule has 13 heteroatoms. The average Bonchev–Trinajstić information content (AvgIpc) is 2.79. The smallest absolute Gasteiger partial charge is 0.287 e. The SMILES string of the molecule is CCOP(=O)(OCC)OCc1ccccn1.CCOP(=O)(OCC)OCc1ccccn1.[Ag]. The third-order valence-electron chi connectivity index (χ3n) is 3.34.